The summed E-state index contributed by atoms with van der Waals surface area (Å²) >= 11 is 0. The minimum atomic E-state index is -4.48. The van der Waals surface area contributed by atoms with Crippen molar-refractivity contribution in [3.8, 4) is 0 Å². The van der Waals surface area contributed by atoms with Crippen LogP contribution in [0.3, 0.4) is 0 Å². The number of piperazine rings is 1. The Labute approximate surface area is 155 Å². The van der Waals surface area contributed by atoms with Crippen LogP contribution >= 0.6 is 0 Å². The van der Waals surface area contributed by atoms with Crippen LogP contribution in [-0.2, 0) is 20.4 Å². The number of methoxy groups -OCH3 is 1. The molecule has 1 aromatic heterocycles. The third-order valence-corrected chi connectivity index (χ3v) is 3.88. The number of aromatic nitrogens is 1. The molecule has 0 aliphatic carbocycles. The first-order valence-electron chi connectivity index (χ1n) is 8.28. The standard InChI is InChI=1S/C17H22F3N3O4/c1-16(2,3)27-15(25)23-8-7-22(10-12(23)14(24)26-4)13-6-5-11(9-21-13)17(18,19)20/h5-6,9,12H,7-8,10H2,1-4H3. The summed E-state index contributed by atoms with van der Waals surface area (Å²) in [6.45, 7) is 5.58. The number of halogens is 3. The number of rotatable bonds is 2. The smallest absolute Gasteiger partial charge is 0.417 e. The van der Waals surface area contributed by atoms with Crippen molar-refractivity contribution in [3.05, 3.63) is 23.9 Å². The van der Waals surface area contributed by atoms with Crippen molar-refractivity contribution in [2.24, 2.45) is 0 Å². The van der Waals surface area contributed by atoms with Gasteiger partial charge in [0, 0.05) is 19.3 Å². The average molecular weight is 389 g/mol. The summed E-state index contributed by atoms with van der Waals surface area (Å²) in [6, 6.07) is 1.21. The van der Waals surface area contributed by atoms with Crippen LogP contribution in [0.2, 0.25) is 0 Å². The van der Waals surface area contributed by atoms with Crippen molar-refractivity contribution in [1.29, 1.82) is 0 Å². The fourth-order valence-corrected chi connectivity index (χ4v) is 2.61. The highest BCUT2D eigenvalue weighted by Gasteiger charge is 2.39. The molecule has 1 aromatic rings. The predicted octanol–water partition coefficient (Wildman–Crippen LogP) is 2.70. The molecule has 1 unspecified atom stereocenters. The first-order valence-corrected chi connectivity index (χ1v) is 8.28. The number of nitrogens with zero attached hydrogens (tertiary/aromatic N) is 3. The maximum atomic E-state index is 12.7. The van der Waals surface area contributed by atoms with Gasteiger partial charge >= 0.3 is 18.2 Å². The summed E-state index contributed by atoms with van der Waals surface area (Å²) in [5.41, 5.74) is -1.59. The Morgan fingerprint density at radius 2 is 1.85 bits per heavy atom. The number of amides is 1. The summed E-state index contributed by atoms with van der Waals surface area (Å²) in [5.74, 6) is -0.363. The topological polar surface area (TPSA) is 72.0 Å². The number of hydrogen-bond donors (Lipinski definition) is 0. The van der Waals surface area contributed by atoms with Gasteiger partial charge in [0.15, 0.2) is 6.04 Å². The lowest BCUT2D eigenvalue weighted by Gasteiger charge is -2.40. The molecular weight excluding hydrogens is 367 g/mol. The second-order valence-corrected chi connectivity index (χ2v) is 7.06. The van der Waals surface area contributed by atoms with E-state index in [0.717, 1.165) is 12.3 Å². The molecule has 7 nitrogen and oxygen atoms in total. The molecule has 1 atom stereocenters. The third-order valence-electron chi connectivity index (χ3n) is 3.88. The molecule has 150 valence electrons. The van der Waals surface area contributed by atoms with E-state index in [1.165, 1.54) is 18.1 Å². The summed E-state index contributed by atoms with van der Waals surface area (Å²) < 4.78 is 48.1. The quantitative estimate of drug-likeness (QED) is 0.725. The molecule has 0 aromatic carbocycles. The first-order chi connectivity index (χ1) is 12.4. The second-order valence-electron chi connectivity index (χ2n) is 7.06. The van der Waals surface area contributed by atoms with Crippen molar-refractivity contribution < 1.29 is 32.2 Å². The van der Waals surface area contributed by atoms with Gasteiger partial charge in [0.25, 0.3) is 0 Å². The summed E-state index contributed by atoms with van der Waals surface area (Å²) in [6.07, 6.45) is -4.39. The Balaban J connectivity index is 2.18. The number of carbonyl (C=O) groups is 2. The number of carbonyl (C=O) groups excluding carboxylic acids is 2. The molecular formula is C17H22F3N3O4. The van der Waals surface area contributed by atoms with E-state index in [1.807, 2.05) is 0 Å². The molecule has 0 saturated carbocycles. The van der Waals surface area contributed by atoms with Crippen molar-refractivity contribution >= 4 is 17.9 Å². The minimum absolute atomic E-state index is 0.0320. The van der Waals surface area contributed by atoms with Crippen LogP contribution in [0.5, 0.6) is 0 Å². The molecule has 1 aliphatic heterocycles. The molecule has 1 fully saturated rings. The van der Waals surface area contributed by atoms with Crippen LogP contribution < -0.4 is 4.90 Å². The maximum absolute atomic E-state index is 12.7. The van der Waals surface area contributed by atoms with E-state index < -0.39 is 35.4 Å². The number of ether oxygens (including phenoxy) is 2. The van der Waals surface area contributed by atoms with Gasteiger partial charge in [-0.1, -0.05) is 0 Å². The van der Waals surface area contributed by atoms with Crippen molar-refractivity contribution in [2.75, 3.05) is 31.6 Å². The van der Waals surface area contributed by atoms with Gasteiger partial charge in [-0.05, 0) is 32.9 Å². The van der Waals surface area contributed by atoms with Gasteiger partial charge in [-0.2, -0.15) is 13.2 Å². The largest absolute Gasteiger partial charge is 0.467 e. The zero-order valence-electron chi connectivity index (χ0n) is 15.5. The fraction of sp³-hybridized carbons (Fsp3) is 0.588. The lowest BCUT2D eigenvalue weighted by Crippen LogP contribution is -2.59. The summed E-state index contributed by atoms with van der Waals surface area (Å²) in [7, 11) is 1.20. The molecule has 27 heavy (non-hydrogen) atoms. The van der Waals surface area contributed by atoms with Crippen molar-refractivity contribution in [2.45, 2.75) is 38.6 Å². The molecule has 0 N–H and O–H groups in total. The highest BCUT2D eigenvalue weighted by molar-refractivity contribution is 5.82. The van der Waals surface area contributed by atoms with Gasteiger partial charge in [-0.3, -0.25) is 4.90 Å². The average Bonchev–Trinajstić information content (AvgIpc) is 2.58. The van der Waals surface area contributed by atoms with Gasteiger partial charge in [0.2, 0.25) is 0 Å². The number of pyridine rings is 1. The van der Waals surface area contributed by atoms with E-state index in [4.69, 9.17) is 9.47 Å². The van der Waals surface area contributed by atoms with Gasteiger partial charge in [0.1, 0.15) is 11.4 Å². The Kier molecular flexibility index (Phi) is 5.86. The van der Waals surface area contributed by atoms with Gasteiger partial charge in [-0.25, -0.2) is 14.6 Å². The zero-order chi connectivity index (χ0) is 20.4. The van der Waals surface area contributed by atoms with E-state index in [9.17, 15) is 22.8 Å². The molecule has 2 rings (SSSR count). The van der Waals surface area contributed by atoms with E-state index in [-0.39, 0.29) is 25.5 Å². The van der Waals surface area contributed by atoms with Crippen LogP contribution in [0.4, 0.5) is 23.8 Å². The van der Waals surface area contributed by atoms with Gasteiger partial charge in [0.05, 0.1) is 19.2 Å². The van der Waals surface area contributed by atoms with E-state index in [1.54, 1.807) is 25.7 Å². The maximum Gasteiger partial charge on any atom is 0.417 e. The molecule has 0 radical (unpaired) electrons. The zero-order valence-corrected chi connectivity index (χ0v) is 15.5. The predicted molar refractivity (Wildman–Crippen MR) is 90.2 cm³/mol. The van der Waals surface area contributed by atoms with E-state index in [0.29, 0.717) is 0 Å². The van der Waals surface area contributed by atoms with Crippen LogP contribution in [0.15, 0.2) is 18.3 Å². The molecule has 0 spiro atoms. The van der Waals surface area contributed by atoms with Crippen molar-refractivity contribution in [1.82, 2.24) is 9.88 Å². The van der Waals surface area contributed by atoms with Crippen LogP contribution in [0.25, 0.3) is 0 Å². The monoisotopic (exact) mass is 389 g/mol. The fourth-order valence-electron chi connectivity index (χ4n) is 2.61. The van der Waals surface area contributed by atoms with Crippen molar-refractivity contribution in [3.63, 3.8) is 0 Å². The Bertz CT molecular complexity index is 686. The van der Waals surface area contributed by atoms with Gasteiger partial charge in [-0.15, -0.1) is 0 Å². The Hall–Kier alpha value is -2.52. The first kappa shape index (κ1) is 20.8. The lowest BCUT2D eigenvalue weighted by atomic mass is 10.1. The molecule has 1 aliphatic rings. The Morgan fingerprint density at radius 3 is 2.33 bits per heavy atom. The summed E-state index contributed by atoms with van der Waals surface area (Å²) in [4.78, 5) is 31.2. The second kappa shape index (κ2) is 7.61. The molecule has 1 amide bonds. The van der Waals surface area contributed by atoms with Crippen LogP contribution in [-0.4, -0.2) is 60.3 Å². The normalized spacial score (nSPS) is 18.3. The minimum Gasteiger partial charge on any atom is -0.467 e. The number of anilines is 1. The third kappa shape index (κ3) is 5.24. The SMILES string of the molecule is COC(=O)C1CN(c2ccc(C(F)(F)F)cn2)CCN1C(=O)OC(C)(C)C. The van der Waals surface area contributed by atoms with Crippen LogP contribution in [0.1, 0.15) is 26.3 Å². The van der Waals surface area contributed by atoms with E-state index >= 15 is 0 Å². The summed E-state index contributed by atoms with van der Waals surface area (Å²) in [5, 5.41) is 0. The highest BCUT2D eigenvalue weighted by Crippen LogP contribution is 2.30. The highest BCUT2D eigenvalue weighted by atomic mass is 19.4. The van der Waals surface area contributed by atoms with Crippen LogP contribution in [0, 0.1) is 0 Å². The Morgan fingerprint density at radius 1 is 1.19 bits per heavy atom. The van der Waals surface area contributed by atoms with Gasteiger partial charge < -0.3 is 14.4 Å². The molecule has 1 saturated heterocycles. The number of esters is 1. The molecule has 2 heterocycles. The molecule has 0 bridgehead atoms. The molecule has 10 heteroatoms. The lowest BCUT2D eigenvalue weighted by molar-refractivity contribution is -0.147. The number of alkyl halides is 3. The number of hydrogen-bond acceptors (Lipinski definition) is 6. The van der Waals surface area contributed by atoms with E-state index in [2.05, 4.69) is 4.98 Å².